The predicted molar refractivity (Wildman–Crippen MR) is 93.6 cm³/mol. The third kappa shape index (κ3) is 3.93. The zero-order valence-corrected chi connectivity index (χ0v) is 14.7. The van der Waals surface area contributed by atoms with Crippen molar-refractivity contribution < 1.29 is 8.42 Å². The summed E-state index contributed by atoms with van der Waals surface area (Å²) in [5.74, 6) is 0. The highest BCUT2D eigenvalue weighted by molar-refractivity contribution is 7.89. The molecule has 1 N–H and O–H groups in total. The van der Waals surface area contributed by atoms with E-state index in [1.807, 2.05) is 11.4 Å². The fraction of sp³-hybridized carbons (Fsp3) is 0.375. The predicted octanol–water partition coefficient (Wildman–Crippen LogP) is 2.14. The lowest BCUT2D eigenvalue weighted by molar-refractivity contribution is 0.581. The number of nitrogens with one attached hydrogen (secondary N) is 1. The first kappa shape index (κ1) is 16.9. The molecule has 0 atom stereocenters. The van der Waals surface area contributed by atoms with Crippen molar-refractivity contribution in [3.63, 3.8) is 0 Å². The summed E-state index contributed by atoms with van der Waals surface area (Å²) in [6, 6.07) is 7.94. The molecule has 0 saturated carbocycles. The van der Waals surface area contributed by atoms with Crippen molar-refractivity contribution in [1.82, 2.24) is 9.71 Å². The van der Waals surface area contributed by atoms with E-state index < -0.39 is 10.0 Å². The summed E-state index contributed by atoms with van der Waals surface area (Å²) >= 11 is 1.61. The summed E-state index contributed by atoms with van der Waals surface area (Å²) in [5.41, 5.74) is 1.23. The van der Waals surface area contributed by atoms with Gasteiger partial charge in [0.1, 0.15) is 0 Å². The highest BCUT2D eigenvalue weighted by Gasteiger charge is 2.17. The van der Waals surface area contributed by atoms with Crippen molar-refractivity contribution in [1.29, 1.82) is 5.26 Å². The lowest BCUT2D eigenvalue weighted by atomic mass is 10.2. The number of hydrogen-bond donors (Lipinski definition) is 1. The normalized spacial score (nSPS) is 14.7. The minimum Gasteiger partial charge on any atom is -0.348 e. The molecule has 1 aliphatic heterocycles. The molecule has 126 valence electrons. The molecule has 1 saturated heterocycles. The maximum atomic E-state index is 12.3. The van der Waals surface area contributed by atoms with Gasteiger partial charge in [-0.2, -0.15) is 5.26 Å². The molecule has 1 aliphatic rings. The van der Waals surface area contributed by atoms with Gasteiger partial charge in [0, 0.05) is 31.4 Å². The van der Waals surface area contributed by atoms with Crippen molar-refractivity contribution in [2.24, 2.45) is 0 Å². The van der Waals surface area contributed by atoms with Crippen LogP contribution in [0.5, 0.6) is 0 Å². The van der Waals surface area contributed by atoms with Gasteiger partial charge in [-0.05, 0) is 31.0 Å². The Bertz CT molecular complexity index is 849. The monoisotopic (exact) mass is 362 g/mol. The lowest BCUT2D eigenvalue weighted by Crippen LogP contribution is -2.26. The van der Waals surface area contributed by atoms with Gasteiger partial charge in [-0.3, -0.25) is 0 Å². The summed E-state index contributed by atoms with van der Waals surface area (Å²) in [4.78, 5) is 6.96. The average molecular weight is 362 g/mol. The molecule has 6 nitrogen and oxygen atoms in total. The third-order valence-electron chi connectivity index (χ3n) is 3.86. The van der Waals surface area contributed by atoms with E-state index in [2.05, 4.69) is 14.6 Å². The molecule has 0 radical (unpaired) electrons. The Morgan fingerprint density at radius 1 is 1.33 bits per heavy atom. The third-order valence-corrected chi connectivity index (χ3v) is 6.27. The number of nitrogens with zero attached hydrogens (tertiary/aromatic N) is 3. The molecule has 0 unspecified atom stereocenters. The molecule has 2 heterocycles. The molecular formula is C16H18N4O2S2. The van der Waals surface area contributed by atoms with Crippen LogP contribution in [0, 0.1) is 11.3 Å². The number of aromatic nitrogens is 1. The summed E-state index contributed by atoms with van der Waals surface area (Å²) in [6.45, 7) is 2.38. The van der Waals surface area contributed by atoms with Gasteiger partial charge in [0.25, 0.3) is 0 Å². The summed E-state index contributed by atoms with van der Waals surface area (Å²) in [6.07, 6.45) is 2.95. The van der Waals surface area contributed by atoms with Crippen LogP contribution < -0.4 is 9.62 Å². The first-order chi connectivity index (χ1) is 11.6. The number of nitriles is 1. The smallest absolute Gasteiger partial charge is 0.240 e. The minimum absolute atomic E-state index is 0.109. The fourth-order valence-corrected chi connectivity index (χ4v) is 4.59. The molecule has 1 fully saturated rings. The quantitative estimate of drug-likeness (QED) is 0.851. The van der Waals surface area contributed by atoms with E-state index in [1.54, 1.807) is 23.5 Å². The number of thiazole rings is 1. The first-order valence-corrected chi connectivity index (χ1v) is 10.1. The standard InChI is InChI=1S/C16H18N4O2S2/c17-11-13-4-3-5-15(10-13)24(21,22)18-7-6-14-12-23-16(19-14)20-8-1-2-9-20/h3-5,10,12,18H,1-2,6-9H2. The Morgan fingerprint density at radius 3 is 2.88 bits per heavy atom. The second-order valence-corrected chi connectivity index (χ2v) is 8.21. The van der Waals surface area contributed by atoms with Crippen LogP contribution in [-0.2, 0) is 16.4 Å². The molecule has 0 amide bonds. The van der Waals surface area contributed by atoms with Crippen molar-refractivity contribution in [2.45, 2.75) is 24.2 Å². The molecule has 24 heavy (non-hydrogen) atoms. The molecule has 1 aromatic carbocycles. The van der Waals surface area contributed by atoms with E-state index in [1.165, 1.54) is 25.0 Å². The lowest BCUT2D eigenvalue weighted by Gasteiger charge is -2.12. The van der Waals surface area contributed by atoms with E-state index >= 15 is 0 Å². The van der Waals surface area contributed by atoms with Gasteiger partial charge >= 0.3 is 0 Å². The van der Waals surface area contributed by atoms with E-state index in [9.17, 15) is 8.42 Å². The molecule has 8 heteroatoms. The highest BCUT2D eigenvalue weighted by atomic mass is 32.2. The molecule has 3 rings (SSSR count). The summed E-state index contributed by atoms with van der Waals surface area (Å²) in [7, 11) is -3.61. The molecule has 1 aromatic heterocycles. The van der Waals surface area contributed by atoms with Gasteiger partial charge in [0.2, 0.25) is 10.0 Å². The maximum absolute atomic E-state index is 12.3. The largest absolute Gasteiger partial charge is 0.348 e. The van der Waals surface area contributed by atoms with Crippen molar-refractivity contribution in [3.8, 4) is 6.07 Å². The average Bonchev–Trinajstić information content (AvgIpc) is 3.26. The summed E-state index contributed by atoms with van der Waals surface area (Å²) < 4.78 is 27.1. The van der Waals surface area contributed by atoms with Crippen LogP contribution in [0.2, 0.25) is 0 Å². The van der Waals surface area contributed by atoms with Gasteiger partial charge in [0.05, 0.1) is 22.2 Å². The van der Waals surface area contributed by atoms with Crippen LogP contribution in [0.15, 0.2) is 34.5 Å². The number of anilines is 1. The van der Waals surface area contributed by atoms with Gasteiger partial charge in [0.15, 0.2) is 5.13 Å². The Kier molecular flexibility index (Phi) is 5.14. The van der Waals surface area contributed by atoms with Gasteiger partial charge in [-0.15, -0.1) is 11.3 Å². The van der Waals surface area contributed by atoms with E-state index in [0.717, 1.165) is 23.9 Å². The zero-order valence-electron chi connectivity index (χ0n) is 13.1. The topological polar surface area (TPSA) is 86.1 Å². The summed E-state index contributed by atoms with van der Waals surface area (Å²) in [5, 5.41) is 11.9. The number of rotatable bonds is 6. The van der Waals surface area contributed by atoms with E-state index in [-0.39, 0.29) is 11.4 Å². The molecule has 0 aliphatic carbocycles. The molecular weight excluding hydrogens is 344 g/mol. The minimum atomic E-state index is -3.61. The van der Waals surface area contributed by atoms with E-state index in [4.69, 9.17) is 5.26 Å². The Balaban J connectivity index is 1.58. The van der Waals surface area contributed by atoms with E-state index in [0.29, 0.717) is 12.0 Å². The molecule has 2 aromatic rings. The number of sulfonamides is 1. The van der Waals surface area contributed by atoms with Crippen LogP contribution in [0.1, 0.15) is 24.1 Å². The highest BCUT2D eigenvalue weighted by Crippen LogP contribution is 2.24. The number of benzene rings is 1. The van der Waals surface area contributed by atoms with Crippen LogP contribution in [-0.4, -0.2) is 33.0 Å². The zero-order chi connectivity index (χ0) is 17.0. The second kappa shape index (κ2) is 7.30. The van der Waals surface area contributed by atoms with Crippen molar-refractivity contribution >= 4 is 26.5 Å². The molecule has 0 spiro atoms. The first-order valence-electron chi connectivity index (χ1n) is 7.78. The maximum Gasteiger partial charge on any atom is 0.240 e. The molecule has 0 bridgehead atoms. The Morgan fingerprint density at radius 2 is 2.12 bits per heavy atom. The van der Waals surface area contributed by atoms with Gasteiger partial charge in [-0.1, -0.05) is 6.07 Å². The van der Waals surface area contributed by atoms with Crippen LogP contribution in [0.4, 0.5) is 5.13 Å². The fourth-order valence-electron chi connectivity index (χ4n) is 2.59. The van der Waals surface area contributed by atoms with Crippen molar-refractivity contribution in [3.05, 3.63) is 40.9 Å². The SMILES string of the molecule is N#Cc1cccc(S(=O)(=O)NCCc2csc(N3CCCC3)n2)c1. The van der Waals surface area contributed by atoms with Crippen LogP contribution >= 0.6 is 11.3 Å². The van der Waals surface area contributed by atoms with Gasteiger partial charge in [-0.25, -0.2) is 18.1 Å². The van der Waals surface area contributed by atoms with Crippen molar-refractivity contribution in [2.75, 3.05) is 24.5 Å². The van der Waals surface area contributed by atoms with Crippen LogP contribution in [0.25, 0.3) is 0 Å². The van der Waals surface area contributed by atoms with Gasteiger partial charge < -0.3 is 4.90 Å². The van der Waals surface area contributed by atoms with Crippen LogP contribution in [0.3, 0.4) is 0 Å². The number of hydrogen-bond acceptors (Lipinski definition) is 6. The Labute approximate surface area is 145 Å². The Hall–Kier alpha value is -1.95. The second-order valence-electron chi connectivity index (χ2n) is 5.60.